The molecule has 0 bridgehead atoms. The standard InChI is InChI=1S/C24H19F2N5O/c25-19-5-6-21(20(26)9-19)30-24(32)22-8-17(14-31(22)13-15-3-4-15)18-11-28-23(29-12-18)16-2-1-7-27-10-16/h1-2,5-12,14-15H,3-4,13H2,(H,30,32). The van der Waals surface area contributed by atoms with Crippen LogP contribution in [-0.2, 0) is 6.54 Å². The van der Waals surface area contributed by atoms with Crippen LogP contribution in [0.25, 0.3) is 22.5 Å². The molecule has 1 fully saturated rings. The van der Waals surface area contributed by atoms with Crippen molar-refractivity contribution in [2.75, 3.05) is 5.32 Å². The predicted octanol–water partition coefficient (Wildman–Crippen LogP) is 4.95. The summed E-state index contributed by atoms with van der Waals surface area (Å²) < 4.78 is 29.1. The van der Waals surface area contributed by atoms with E-state index in [1.54, 1.807) is 30.9 Å². The van der Waals surface area contributed by atoms with Gasteiger partial charge in [-0.3, -0.25) is 9.78 Å². The molecule has 0 unspecified atom stereocenters. The van der Waals surface area contributed by atoms with Crippen LogP contribution < -0.4 is 5.32 Å². The van der Waals surface area contributed by atoms with Crippen LogP contribution in [0.1, 0.15) is 23.3 Å². The van der Waals surface area contributed by atoms with E-state index in [-0.39, 0.29) is 5.69 Å². The number of hydrogen-bond acceptors (Lipinski definition) is 4. The fourth-order valence-electron chi connectivity index (χ4n) is 3.49. The van der Waals surface area contributed by atoms with Crippen molar-refractivity contribution < 1.29 is 13.6 Å². The summed E-state index contributed by atoms with van der Waals surface area (Å²) in [5.41, 5.74) is 2.68. The van der Waals surface area contributed by atoms with Crippen LogP contribution in [-0.4, -0.2) is 25.4 Å². The van der Waals surface area contributed by atoms with Gasteiger partial charge in [-0.2, -0.15) is 0 Å². The Balaban J connectivity index is 1.43. The van der Waals surface area contributed by atoms with Gasteiger partial charge in [0.2, 0.25) is 0 Å². The zero-order valence-electron chi connectivity index (χ0n) is 17.0. The third kappa shape index (κ3) is 4.25. The second-order valence-electron chi connectivity index (χ2n) is 7.83. The average molecular weight is 431 g/mol. The van der Waals surface area contributed by atoms with E-state index in [1.807, 2.05) is 22.9 Å². The van der Waals surface area contributed by atoms with Crippen molar-refractivity contribution in [2.45, 2.75) is 19.4 Å². The van der Waals surface area contributed by atoms with Crippen molar-refractivity contribution in [1.29, 1.82) is 0 Å². The Morgan fingerprint density at radius 3 is 2.53 bits per heavy atom. The highest BCUT2D eigenvalue weighted by atomic mass is 19.1. The van der Waals surface area contributed by atoms with E-state index in [0.717, 1.165) is 41.7 Å². The fraction of sp³-hybridized carbons (Fsp3) is 0.167. The number of aromatic nitrogens is 4. The summed E-state index contributed by atoms with van der Waals surface area (Å²) in [5.74, 6) is -0.902. The molecular formula is C24H19F2N5O. The quantitative estimate of drug-likeness (QED) is 0.469. The number of anilines is 1. The number of hydrogen-bond donors (Lipinski definition) is 1. The molecule has 4 aromatic rings. The zero-order chi connectivity index (χ0) is 22.1. The van der Waals surface area contributed by atoms with Crippen LogP contribution in [0.15, 0.2) is 67.4 Å². The lowest BCUT2D eigenvalue weighted by Gasteiger charge is -2.10. The van der Waals surface area contributed by atoms with Gasteiger partial charge in [0.05, 0.1) is 5.69 Å². The van der Waals surface area contributed by atoms with Gasteiger partial charge < -0.3 is 9.88 Å². The van der Waals surface area contributed by atoms with Crippen LogP contribution in [0.3, 0.4) is 0 Å². The third-order valence-corrected chi connectivity index (χ3v) is 5.37. The summed E-state index contributed by atoms with van der Waals surface area (Å²) in [7, 11) is 0. The summed E-state index contributed by atoms with van der Waals surface area (Å²) in [4.78, 5) is 25.9. The van der Waals surface area contributed by atoms with E-state index in [2.05, 4.69) is 20.3 Å². The zero-order valence-corrected chi connectivity index (χ0v) is 17.0. The van der Waals surface area contributed by atoms with Crippen molar-refractivity contribution in [1.82, 2.24) is 19.5 Å². The molecule has 0 saturated heterocycles. The van der Waals surface area contributed by atoms with Gasteiger partial charge in [0.1, 0.15) is 17.3 Å². The highest BCUT2D eigenvalue weighted by Crippen LogP contribution is 2.33. The minimum absolute atomic E-state index is 0.0683. The molecule has 0 radical (unpaired) electrons. The van der Waals surface area contributed by atoms with Crippen molar-refractivity contribution in [3.05, 3.63) is 84.7 Å². The Kier molecular flexibility index (Phi) is 5.18. The Hall–Kier alpha value is -3.94. The van der Waals surface area contributed by atoms with Crippen molar-refractivity contribution in [3.63, 3.8) is 0 Å². The van der Waals surface area contributed by atoms with E-state index in [4.69, 9.17) is 0 Å². The smallest absolute Gasteiger partial charge is 0.272 e. The number of carbonyl (C=O) groups excluding carboxylic acids is 1. The second kappa shape index (κ2) is 8.30. The molecule has 6 nitrogen and oxygen atoms in total. The van der Waals surface area contributed by atoms with Crippen molar-refractivity contribution in [2.24, 2.45) is 5.92 Å². The largest absolute Gasteiger partial charge is 0.343 e. The van der Waals surface area contributed by atoms with Gasteiger partial charge in [-0.25, -0.2) is 18.7 Å². The molecule has 1 amide bonds. The first-order valence-corrected chi connectivity index (χ1v) is 10.3. The second-order valence-corrected chi connectivity index (χ2v) is 7.83. The molecule has 1 aromatic carbocycles. The molecule has 0 aliphatic heterocycles. The number of amides is 1. The van der Waals surface area contributed by atoms with Crippen LogP contribution in [0, 0.1) is 17.6 Å². The van der Waals surface area contributed by atoms with E-state index in [0.29, 0.717) is 24.0 Å². The summed E-state index contributed by atoms with van der Waals surface area (Å²) in [5, 5.41) is 2.54. The number of rotatable bonds is 6. The highest BCUT2D eigenvalue weighted by Gasteiger charge is 2.25. The van der Waals surface area contributed by atoms with E-state index >= 15 is 0 Å². The first-order chi connectivity index (χ1) is 15.6. The Morgan fingerprint density at radius 1 is 1.03 bits per heavy atom. The third-order valence-electron chi connectivity index (χ3n) is 5.37. The van der Waals surface area contributed by atoms with Gasteiger partial charge in [0.15, 0.2) is 5.82 Å². The minimum Gasteiger partial charge on any atom is -0.343 e. The molecule has 1 aliphatic rings. The molecule has 0 spiro atoms. The Labute approximate surface area is 183 Å². The van der Waals surface area contributed by atoms with Gasteiger partial charge in [0.25, 0.3) is 5.91 Å². The van der Waals surface area contributed by atoms with Crippen molar-refractivity contribution in [3.8, 4) is 22.5 Å². The normalized spacial score (nSPS) is 13.2. The van der Waals surface area contributed by atoms with E-state index in [9.17, 15) is 13.6 Å². The van der Waals surface area contributed by atoms with E-state index < -0.39 is 17.5 Å². The highest BCUT2D eigenvalue weighted by molar-refractivity contribution is 6.04. The summed E-state index contributed by atoms with van der Waals surface area (Å²) in [6.45, 7) is 0.698. The molecule has 8 heteroatoms. The van der Waals surface area contributed by atoms with Crippen LogP contribution in [0.4, 0.5) is 14.5 Å². The molecule has 1 aliphatic carbocycles. The topological polar surface area (TPSA) is 72.7 Å². The molecule has 32 heavy (non-hydrogen) atoms. The van der Waals surface area contributed by atoms with Gasteiger partial charge in [-0.1, -0.05) is 0 Å². The first kappa shape index (κ1) is 20.0. The lowest BCUT2D eigenvalue weighted by Crippen LogP contribution is -2.18. The van der Waals surface area contributed by atoms with Gasteiger partial charge in [0, 0.05) is 60.3 Å². The number of benzene rings is 1. The number of carbonyl (C=O) groups is 1. The van der Waals surface area contributed by atoms with Gasteiger partial charge in [-0.05, 0) is 49.1 Å². The maximum absolute atomic E-state index is 14.0. The lowest BCUT2D eigenvalue weighted by molar-refractivity contribution is 0.101. The molecule has 5 rings (SSSR count). The van der Waals surface area contributed by atoms with E-state index in [1.165, 1.54) is 6.07 Å². The Bertz CT molecular complexity index is 1270. The maximum atomic E-state index is 14.0. The van der Waals surface area contributed by atoms with Crippen LogP contribution in [0.5, 0.6) is 0 Å². The molecule has 160 valence electrons. The monoisotopic (exact) mass is 431 g/mol. The minimum atomic E-state index is -0.821. The molecule has 3 heterocycles. The number of nitrogens with one attached hydrogen (secondary N) is 1. The summed E-state index contributed by atoms with van der Waals surface area (Å²) in [6, 6.07) is 8.49. The number of nitrogens with zero attached hydrogens (tertiary/aromatic N) is 4. The maximum Gasteiger partial charge on any atom is 0.272 e. The molecular weight excluding hydrogens is 412 g/mol. The molecule has 3 aromatic heterocycles. The lowest BCUT2D eigenvalue weighted by atomic mass is 10.1. The van der Waals surface area contributed by atoms with Crippen molar-refractivity contribution >= 4 is 11.6 Å². The summed E-state index contributed by atoms with van der Waals surface area (Å²) in [6.07, 6.45) is 10.9. The van der Waals surface area contributed by atoms with Crippen LogP contribution in [0.2, 0.25) is 0 Å². The molecule has 1 saturated carbocycles. The average Bonchev–Trinajstić information content (AvgIpc) is 3.52. The van der Waals surface area contributed by atoms with Gasteiger partial charge in [-0.15, -0.1) is 0 Å². The predicted molar refractivity (Wildman–Crippen MR) is 116 cm³/mol. The molecule has 1 N–H and O–H groups in total. The number of halogens is 2. The Morgan fingerprint density at radius 2 is 1.84 bits per heavy atom. The van der Waals surface area contributed by atoms with Gasteiger partial charge >= 0.3 is 0 Å². The summed E-state index contributed by atoms with van der Waals surface area (Å²) >= 11 is 0. The first-order valence-electron chi connectivity index (χ1n) is 10.3. The molecule has 0 atom stereocenters. The number of pyridine rings is 1. The van der Waals surface area contributed by atoms with Crippen LogP contribution >= 0.6 is 0 Å². The SMILES string of the molecule is O=C(Nc1ccc(F)cc1F)c1cc(-c2cnc(-c3cccnc3)nc2)cn1CC1CC1. The fourth-order valence-corrected chi connectivity index (χ4v) is 3.49.